The normalized spacial score (nSPS) is 19.1. The Morgan fingerprint density at radius 3 is 2.13 bits per heavy atom. The van der Waals surface area contributed by atoms with E-state index >= 15 is 0 Å². The minimum Gasteiger partial charge on any atom is -0.481 e. The van der Waals surface area contributed by atoms with Crippen LogP contribution in [0.1, 0.15) is 56.4 Å². The second-order valence-corrected chi connectivity index (χ2v) is 8.06. The average Bonchev–Trinajstić information content (AvgIpc) is 2.76. The molecule has 4 rings (SSSR count). The van der Waals surface area contributed by atoms with Gasteiger partial charge < -0.3 is 14.7 Å². The number of ether oxygens (including phenoxy) is 1. The van der Waals surface area contributed by atoms with Crippen LogP contribution in [-0.2, 0) is 14.4 Å². The SMILES string of the molecule is C#CCOc1ccc(C2C3=C(CCCC3=O)N(CCC(=O)O)C3=C2C(=O)CCC3)cc1. The third-order valence-electron chi connectivity index (χ3n) is 6.17. The van der Waals surface area contributed by atoms with E-state index in [4.69, 9.17) is 11.2 Å². The Kier molecular flexibility index (Phi) is 5.94. The van der Waals surface area contributed by atoms with Crippen molar-refractivity contribution in [1.29, 1.82) is 0 Å². The maximum absolute atomic E-state index is 13.1. The molecule has 0 unspecified atom stereocenters. The molecule has 0 amide bonds. The molecule has 0 radical (unpaired) electrons. The standard InChI is InChI=1S/C25H25NO5/c1-2-15-31-17-11-9-16(10-12-17)23-24-18(5-3-7-20(24)27)26(14-13-22(29)30)19-6-4-8-21(28)25(19)23/h1,9-12,23H,3-8,13-15H2,(H,29,30). The minimum atomic E-state index is -0.891. The molecule has 0 fully saturated rings. The second kappa shape index (κ2) is 8.81. The maximum Gasteiger partial charge on any atom is 0.305 e. The van der Waals surface area contributed by atoms with Crippen LogP contribution in [0.5, 0.6) is 5.75 Å². The van der Waals surface area contributed by atoms with Crippen molar-refractivity contribution in [2.75, 3.05) is 13.2 Å². The molecule has 1 heterocycles. The number of carboxylic acid groups (broad SMARTS) is 1. The summed E-state index contributed by atoms with van der Waals surface area (Å²) in [5, 5.41) is 9.24. The summed E-state index contributed by atoms with van der Waals surface area (Å²) in [5.41, 5.74) is 3.97. The Hall–Kier alpha value is -3.33. The fraction of sp³-hybridized carbons (Fsp3) is 0.400. The zero-order valence-electron chi connectivity index (χ0n) is 17.4. The number of Topliss-reactive ketones (excluding diaryl/α,β-unsaturated/α-hetero) is 2. The first-order valence-corrected chi connectivity index (χ1v) is 10.7. The largest absolute Gasteiger partial charge is 0.481 e. The van der Waals surface area contributed by atoms with Gasteiger partial charge in [0.15, 0.2) is 11.6 Å². The van der Waals surface area contributed by atoms with Crippen molar-refractivity contribution in [1.82, 2.24) is 4.90 Å². The van der Waals surface area contributed by atoms with E-state index in [-0.39, 0.29) is 31.1 Å². The molecule has 2 aliphatic carbocycles. The highest BCUT2D eigenvalue weighted by Crippen LogP contribution is 2.49. The number of carboxylic acids is 1. The van der Waals surface area contributed by atoms with Gasteiger partial charge in [-0.15, -0.1) is 6.42 Å². The third kappa shape index (κ3) is 4.00. The van der Waals surface area contributed by atoms with Crippen LogP contribution in [0.4, 0.5) is 0 Å². The Balaban J connectivity index is 1.82. The number of nitrogens with zero attached hydrogens (tertiary/aromatic N) is 1. The molecule has 1 N–H and O–H groups in total. The number of carbonyl (C=O) groups is 3. The van der Waals surface area contributed by atoms with Gasteiger partial charge in [0, 0.05) is 47.8 Å². The summed E-state index contributed by atoms with van der Waals surface area (Å²) in [6.07, 6.45) is 9.01. The Morgan fingerprint density at radius 2 is 1.61 bits per heavy atom. The number of ketones is 2. The molecule has 1 aromatic carbocycles. The van der Waals surface area contributed by atoms with E-state index in [1.165, 1.54) is 0 Å². The van der Waals surface area contributed by atoms with Crippen molar-refractivity contribution in [3.63, 3.8) is 0 Å². The van der Waals surface area contributed by atoms with E-state index in [1.54, 1.807) is 0 Å². The van der Waals surface area contributed by atoms with Gasteiger partial charge in [-0.25, -0.2) is 0 Å². The van der Waals surface area contributed by atoms with Crippen molar-refractivity contribution in [2.45, 2.75) is 50.9 Å². The van der Waals surface area contributed by atoms with Gasteiger partial charge in [-0.05, 0) is 43.4 Å². The number of carbonyl (C=O) groups excluding carboxylic acids is 2. The quantitative estimate of drug-likeness (QED) is 0.710. The lowest BCUT2D eigenvalue weighted by Crippen LogP contribution is -2.39. The van der Waals surface area contributed by atoms with E-state index in [9.17, 15) is 19.5 Å². The Labute approximate surface area is 181 Å². The summed E-state index contributed by atoms with van der Waals surface area (Å²) in [6.45, 7) is 0.446. The van der Waals surface area contributed by atoms with Crippen LogP contribution in [0.2, 0.25) is 0 Å². The second-order valence-electron chi connectivity index (χ2n) is 8.06. The summed E-state index contributed by atoms with van der Waals surface area (Å²) in [5.74, 6) is 1.86. The molecule has 0 spiro atoms. The third-order valence-corrected chi connectivity index (χ3v) is 6.17. The number of hydrogen-bond donors (Lipinski definition) is 1. The lowest BCUT2D eigenvalue weighted by Gasteiger charge is -2.44. The molecule has 3 aliphatic rings. The molecule has 0 atom stereocenters. The fourth-order valence-corrected chi connectivity index (χ4v) is 4.91. The average molecular weight is 419 g/mol. The van der Waals surface area contributed by atoms with Gasteiger partial charge in [0.25, 0.3) is 0 Å². The molecule has 160 valence electrons. The van der Waals surface area contributed by atoms with Gasteiger partial charge in [-0.1, -0.05) is 18.1 Å². The first-order chi connectivity index (χ1) is 15.0. The van der Waals surface area contributed by atoms with Crippen LogP contribution in [-0.4, -0.2) is 40.7 Å². The van der Waals surface area contributed by atoms with E-state index < -0.39 is 11.9 Å². The van der Waals surface area contributed by atoms with Crippen LogP contribution in [0, 0.1) is 12.3 Å². The van der Waals surface area contributed by atoms with Crippen molar-refractivity contribution in [3.8, 4) is 18.1 Å². The minimum absolute atomic E-state index is 0.0399. The topological polar surface area (TPSA) is 83.9 Å². The summed E-state index contributed by atoms with van der Waals surface area (Å²) in [6, 6.07) is 7.40. The molecule has 0 saturated heterocycles. The van der Waals surface area contributed by atoms with Crippen LogP contribution in [0.25, 0.3) is 0 Å². The molecule has 1 aliphatic heterocycles. The number of aliphatic carboxylic acids is 1. The Morgan fingerprint density at radius 1 is 1.03 bits per heavy atom. The molecular formula is C25H25NO5. The van der Waals surface area contributed by atoms with Crippen LogP contribution in [0.15, 0.2) is 46.8 Å². The summed E-state index contributed by atoms with van der Waals surface area (Å²) < 4.78 is 5.47. The molecule has 0 aromatic heterocycles. The molecule has 31 heavy (non-hydrogen) atoms. The van der Waals surface area contributed by atoms with E-state index in [2.05, 4.69) is 5.92 Å². The van der Waals surface area contributed by atoms with Crippen LogP contribution in [0.3, 0.4) is 0 Å². The first-order valence-electron chi connectivity index (χ1n) is 10.7. The summed E-state index contributed by atoms with van der Waals surface area (Å²) >= 11 is 0. The van der Waals surface area contributed by atoms with E-state index in [0.29, 0.717) is 42.6 Å². The fourth-order valence-electron chi connectivity index (χ4n) is 4.91. The van der Waals surface area contributed by atoms with Crippen molar-refractivity contribution in [3.05, 3.63) is 52.4 Å². The van der Waals surface area contributed by atoms with Gasteiger partial charge in [-0.2, -0.15) is 0 Å². The van der Waals surface area contributed by atoms with E-state index in [1.807, 2.05) is 29.2 Å². The monoisotopic (exact) mass is 419 g/mol. The predicted molar refractivity (Wildman–Crippen MR) is 114 cm³/mol. The molecule has 0 saturated carbocycles. The van der Waals surface area contributed by atoms with Gasteiger partial charge in [0.05, 0.1) is 6.42 Å². The molecule has 6 heteroatoms. The number of hydrogen-bond acceptors (Lipinski definition) is 5. The van der Waals surface area contributed by atoms with Gasteiger partial charge in [0.2, 0.25) is 0 Å². The van der Waals surface area contributed by atoms with E-state index in [0.717, 1.165) is 29.8 Å². The highest BCUT2D eigenvalue weighted by molar-refractivity contribution is 6.06. The highest BCUT2D eigenvalue weighted by atomic mass is 16.5. The number of benzene rings is 1. The van der Waals surface area contributed by atoms with Crippen molar-refractivity contribution in [2.24, 2.45) is 0 Å². The summed E-state index contributed by atoms with van der Waals surface area (Å²) in [4.78, 5) is 39.4. The number of allylic oxidation sites excluding steroid dienone is 4. The molecule has 1 aromatic rings. The number of terminal acetylenes is 1. The van der Waals surface area contributed by atoms with Crippen LogP contribution >= 0.6 is 0 Å². The number of rotatable bonds is 6. The lowest BCUT2D eigenvalue weighted by molar-refractivity contribution is -0.137. The smallest absolute Gasteiger partial charge is 0.305 e. The van der Waals surface area contributed by atoms with Gasteiger partial charge in [-0.3, -0.25) is 14.4 Å². The zero-order valence-corrected chi connectivity index (χ0v) is 17.4. The maximum atomic E-state index is 13.1. The van der Waals surface area contributed by atoms with Crippen LogP contribution < -0.4 is 4.74 Å². The Bertz CT molecular complexity index is 981. The van der Waals surface area contributed by atoms with Gasteiger partial charge in [0.1, 0.15) is 12.4 Å². The van der Waals surface area contributed by atoms with Crippen molar-refractivity contribution < 1.29 is 24.2 Å². The molecule has 6 nitrogen and oxygen atoms in total. The molecular weight excluding hydrogens is 394 g/mol. The van der Waals surface area contributed by atoms with Crippen molar-refractivity contribution >= 4 is 17.5 Å². The first kappa shape index (κ1) is 20.9. The highest BCUT2D eigenvalue weighted by Gasteiger charge is 2.43. The summed E-state index contributed by atoms with van der Waals surface area (Å²) in [7, 11) is 0. The lowest BCUT2D eigenvalue weighted by atomic mass is 9.71. The molecule has 0 bridgehead atoms. The zero-order chi connectivity index (χ0) is 22.0. The predicted octanol–water partition coefficient (Wildman–Crippen LogP) is 3.59. The van der Waals surface area contributed by atoms with Gasteiger partial charge >= 0.3 is 5.97 Å².